The molecule has 0 aromatic rings. The summed E-state index contributed by atoms with van der Waals surface area (Å²) in [6.45, 7) is 10.6. The van der Waals surface area contributed by atoms with Crippen molar-refractivity contribution in [2.45, 2.75) is 26.0 Å². The molecule has 1 fully saturated rings. The number of morpholine rings is 1. The molecule has 1 aliphatic rings. The van der Waals surface area contributed by atoms with Gasteiger partial charge in [0.15, 0.2) is 0 Å². The van der Waals surface area contributed by atoms with Gasteiger partial charge in [-0.1, -0.05) is 12.2 Å². The lowest BCUT2D eigenvalue weighted by molar-refractivity contribution is -0.0748. The van der Waals surface area contributed by atoms with Crippen molar-refractivity contribution in [2.24, 2.45) is 0 Å². The van der Waals surface area contributed by atoms with Gasteiger partial charge in [-0.2, -0.15) is 0 Å². The molecule has 0 radical (unpaired) electrons. The lowest BCUT2D eigenvalue weighted by atomic mass is 10.2. The van der Waals surface area contributed by atoms with Crippen molar-refractivity contribution in [3.63, 3.8) is 0 Å². The number of hydrogen-bond donors (Lipinski definition) is 1. The summed E-state index contributed by atoms with van der Waals surface area (Å²) in [5, 5.41) is 8.96. The van der Waals surface area contributed by atoms with Gasteiger partial charge in [-0.25, -0.2) is 0 Å². The summed E-state index contributed by atoms with van der Waals surface area (Å²) in [6.07, 6.45) is -0.0180. The normalized spacial score (nSPS) is 30.4. The van der Waals surface area contributed by atoms with E-state index in [-0.39, 0.29) is 12.7 Å². The summed E-state index contributed by atoms with van der Waals surface area (Å²) in [7, 11) is 0. The Morgan fingerprint density at radius 2 is 2.38 bits per heavy atom. The van der Waals surface area contributed by atoms with Crippen LogP contribution in [0.25, 0.3) is 0 Å². The smallest absolute Gasteiger partial charge is 0.0933 e. The van der Waals surface area contributed by atoms with Crippen LogP contribution < -0.4 is 0 Å². The Hall–Kier alpha value is -0.380. The van der Waals surface area contributed by atoms with E-state index < -0.39 is 0 Å². The fraction of sp³-hybridized carbons (Fsp3) is 0.800. The van der Waals surface area contributed by atoms with Gasteiger partial charge in [-0.3, -0.25) is 4.90 Å². The first-order valence-electron chi connectivity index (χ1n) is 4.74. The van der Waals surface area contributed by atoms with Crippen molar-refractivity contribution in [3.05, 3.63) is 12.2 Å². The molecule has 0 spiro atoms. The number of rotatable bonds is 3. The van der Waals surface area contributed by atoms with E-state index in [9.17, 15) is 0 Å². The first kappa shape index (κ1) is 10.7. The van der Waals surface area contributed by atoms with Gasteiger partial charge in [0.1, 0.15) is 0 Å². The minimum absolute atomic E-state index is 0.0180. The second-order valence-corrected chi connectivity index (χ2v) is 3.87. The summed E-state index contributed by atoms with van der Waals surface area (Å²) < 4.78 is 5.43. The van der Waals surface area contributed by atoms with E-state index in [0.29, 0.717) is 12.6 Å². The third-order valence-corrected chi connectivity index (χ3v) is 2.31. The molecule has 2 atom stereocenters. The molecule has 1 heterocycles. The second kappa shape index (κ2) is 4.74. The summed E-state index contributed by atoms with van der Waals surface area (Å²) >= 11 is 0. The molecule has 1 rings (SSSR count). The zero-order chi connectivity index (χ0) is 9.84. The summed E-state index contributed by atoms with van der Waals surface area (Å²) in [5.74, 6) is 0. The topological polar surface area (TPSA) is 32.7 Å². The van der Waals surface area contributed by atoms with Crippen LogP contribution in [0.2, 0.25) is 0 Å². The Labute approximate surface area is 80.0 Å². The Kier molecular flexibility index (Phi) is 3.90. The van der Waals surface area contributed by atoms with Crippen LogP contribution >= 0.6 is 0 Å². The van der Waals surface area contributed by atoms with Gasteiger partial charge in [0.25, 0.3) is 0 Å². The van der Waals surface area contributed by atoms with Crippen molar-refractivity contribution >= 4 is 0 Å². The Balaban J connectivity index is 2.44. The average Bonchev–Trinajstić information content (AvgIpc) is 2.08. The Bertz CT molecular complexity index is 182. The van der Waals surface area contributed by atoms with Gasteiger partial charge < -0.3 is 9.84 Å². The number of aliphatic hydroxyl groups is 1. The molecule has 2 unspecified atom stereocenters. The molecule has 0 aromatic heterocycles. The van der Waals surface area contributed by atoms with Crippen molar-refractivity contribution in [1.29, 1.82) is 0 Å². The fourth-order valence-corrected chi connectivity index (χ4v) is 1.55. The summed E-state index contributed by atoms with van der Waals surface area (Å²) in [5.41, 5.74) is 1.16. The van der Waals surface area contributed by atoms with Crippen LogP contribution in [0, 0.1) is 0 Å². The van der Waals surface area contributed by atoms with Gasteiger partial charge in [0, 0.05) is 19.1 Å². The van der Waals surface area contributed by atoms with Crippen LogP contribution in [0.5, 0.6) is 0 Å². The molecule has 0 bridgehead atoms. The van der Waals surface area contributed by atoms with Crippen LogP contribution in [0.1, 0.15) is 13.8 Å². The molecule has 0 amide bonds. The average molecular weight is 185 g/mol. The van der Waals surface area contributed by atoms with Crippen LogP contribution in [0.4, 0.5) is 0 Å². The molecule has 0 aliphatic carbocycles. The molecule has 0 aromatic carbocycles. The minimum Gasteiger partial charge on any atom is -0.394 e. The molecular formula is C10H19NO2. The van der Waals surface area contributed by atoms with E-state index in [4.69, 9.17) is 9.84 Å². The predicted molar refractivity (Wildman–Crippen MR) is 52.7 cm³/mol. The fourth-order valence-electron chi connectivity index (χ4n) is 1.55. The highest BCUT2D eigenvalue weighted by Gasteiger charge is 2.24. The van der Waals surface area contributed by atoms with Gasteiger partial charge in [0.2, 0.25) is 0 Å². The predicted octanol–water partition coefficient (Wildman–Crippen LogP) is 0.644. The lowest BCUT2D eigenvalue weighted by Crippen LogP contribution is -2.49. The van der Waals surface area contributed by atoms with Gasteiger partial charge in [-0.05, 0) is 13.8 Å². The SMILES string of the molecule is C=C(C)CN1CC(CO)OCC1C. The maximum absolute atomic E-state index is 8.96. The van der Waals surface area contributed by atoms with E-state index >= 15 is 0 Å². The highest BCUT2D eigenvalue weighted by Crippen LogP contribution is 2.12. The molecule has 1 aliphatic heterocycles. The molecule has 3 nitrogen and oxygen atoms in total. The van der Waals surface area contributed by atoms with Crippen molar-refractivity contribution in [1.82, 2.24) is 4.90 Å². The Morgan fingerprint density at radius 1 is 1.69 bits per heavy atom. The quantitative estimate of drug-likeness (QED) is 0.655. The number of aliphatic hydroxyl groups excluding tert-OH is 1. The van der Waals surface area contributed by atoms with Crippen LogP contribution in [0.15, 0.2) is 12.2 Å². The molecule has 13 heavy (non-hydrogen) atoms. The third kappa shape index (κ3) is 3.10. The van der Waals surface area contributed by atoms with E-state index in [0.717, 1.165) is 18.7 Å². The van der Waals surface area contributed by atoms with Gasteiger partial charge >= 0.3 is 0 Å². The molecule has 0 saturated carbocycles. The zero-order valence-corrected chi connectivity index (χ0v) is 8.49. The first-order chi connectivity index (χ1) is 6.13. The number of hydrogen-bond acceptors (Lipinski definition) is 3. The second-order valence-electron chi connectivity index (χ2n) is 3.87. The third-order valence-electron chi connectivity index (χ3n) is 2.31. The zero-order valence-electron chi connectivity index (χ0n) is 8.49. The summed E-state index contributed by atoms with van der Waals surface area (Å²) in [4.78, 5) is 2.30. The summed E-state index contributed by atoms with van der Waals surface area (Å²) in [6, 6.07) is 0.430. The minimum atomic E-state index is -0.0180. The number of nitrogens with zero attached hydrogens (tertiary/aromatic N) is 1. The first-order valence-corrected chi connectivity index (χ1v) is 4.74. The van der Waals surface area contributed by atoms with Crippen LogP contribution in [0.3, 0.4) is 0 Å². The molecule has 76 valence electrons. The van der Waals surface area contributed by atoms with Gasteiger partial charge in [0.05, 0.1) is 19.3 Å². The molecule has 1 N–H and O–H groups in total. The van der Waals surface area contributed by atoms with Crippen molar-refractivity contribution in [3.8, 4) is 0 Å². The lowest BCUT2D eigenvalue weighted by Gasteiger charge is -2.37. The largest absolute Gasteiger partial charge is 0.394 e. The molecule has 1 saturated heterocycles. The molecule has 3 heteroatoms. The van der Waals surface area contributed by atoms with E-state index in [1.165, 1.54) is 0 Å². The van der Waals surface area contributed by atoms with Gasteiger partial charge in [-0.15, -0.1) is 0 Å². The van der Waals surface area contributed by atoms with Crippen molar-refractivity contribution < 1.29 is 9.84 Å². The highest BCUT2D eigenvalue weighted by atomic mass is 16.5. The van der Waals surface area contributed by atoms with E-state index in [1.54, 1.807) is 0 Å². The number of ether oxygens (including phenoxy) is 1. The maximum Gasteiger partial charge on any atom is 0.0933 e. The Morgan fingerprint density at radius 3 is 2.92 bits per heavy atom. The molecular weight excluding hydrogens is 166 g/mol. The monoisotopic (exact) mass is 185 g/mol. The maximum atomic E-state index is 8.96. The standard InChI is InChI=1S/C10H19NO2/c1-8(2)4-11-5-10(6-12)13-7-9(11)3/h9-10,12H,1,4-7H2,2-3H3. The van der Waals surface area contributed by atoms with Crippen molar-refractivity contribution in [2.75, 3.05) is 26.3 Å². The van der Waals surface area contributed by atoms with E-state index in [1.807, 2.05) is 6.92 Å². The van der Waals surface area contributed by atoms with Crippen LogP contribution in [-0.2, 0) is 4.74 Å². The van der Waals surface area contributed by atoms with E-state index in [2.05, 4.69) is 18.4 Å². The highest BCUT2D eigenvalue weighted by molar-refractivity contribution is 4.94. The van der Waals surface area contributed by atoms with Crippen LogP contribution in [-0.4, -0.2) is 48.5 Å².